The number of anilines is 1. The van der Waals surface area contributed by atoms with Gasteiger partial charge in [-0.3, -0.25) is 0 Å². The van der Waals surface area contributed by atoms with Crippen LogP contribution in [0.3, 0.4) is 0 Å². The molecule has 1 fully saturated rings. The number of fused-ring (bicyclic) bond motifs is 1. The van der Waals surface area contributed by atoms with Crippen LogP contribution in [0.4, 0.5) is 5.69 Å². The maximum absolute atomic E-state index is 5.83. The molecular formula is C13H18N2S. The summed E-state index contributed by atoms with van der Waals surface area (Å²) < 4.78 is 0. The molecule has 16 heavy (non-hydrogen) atoms. The van der Waals surface area contributed by atoms with Crippen molar-refractivity contribution in [2.24, 2.45) is 11.1 Å². The standard InChI is InChI=1S/C13H18N2S/c14-9-13(3-4-13)8-10-1-2-12-11(7-10)15-5-6-16-12/h1-2,7,15H,3-6,8-9,14H2. The molecule has 0 bridgehead atoms. The zero-order valence-corrected chi connectivity index (χ0v) is 10.3. The van der Waals surface area contributed by atoms with Crippen molar-refractivity contribution >= 4 is 17.4 Å². The molecule has 0 aromatic heterocycles. The Hall–Kier alpha value is -0.670. The molecule has 0 unspecified atom stereocenters. The molecule has 1 aromatic rings. The lowest BCUT2D eigenvalue weighted by molar-refractivity contribution is 0.521. The maximum atomic E-state index is 5.83. The van der Waals surface area contributed by atoms with Gasteiger partial charge in [-0.2, -0.15) is 0 Å². The molecule has 0 radical (unpaired) electrons. The SMILES string of the molecule is NCC1(Cc2ccc3c(c2)NCCS3)CC1. The Morgan fingerprint density at radius 2 is 2.25 bits per heavy atom. The molecule has 3 rings (SSSR count). The number of benzene rings is 1. The van der Waals surface area contributed by atoms with E-state index in [1.807, 2.05) is 11.8 Å². The second-order valence-corrected chi connectivity index (χ2v) is 6.12. The van der Waals surface area contributed by atoms with Crippen LogP contribution in [-0.4, -0.2) is 18.8 Å². The second-order valence-electron chi connectivity index (χ2n) is 4.99. The lowest BCUT2D eigenvalue weighted by atomic mass is 9.96. The Morgan fingerprint density at radius 1 is 1.38 bits per heavy atom. The van der Waals surface area contributed by atoms with Gasteiger partial charge in [0.1, 0.15) is 0 Å². The molecule has 1 aliphatic carbocycles. The Morgan fingerprint density at radius 3 is 3.00 bits per heavy atom. The van der Waals surface area contributed by atoms with Crippen LogP contribution in [-0.2, 0) is 6.42 Å². The van der Waals surface area contributed by atoms with Gasteiger partial charge in [0, 0.05) is 22.9 Å². The first-order valence-corrected chi connectivity index (χ1v) is 7.00. The minimum absolute atomic E-state index is 0.441. The molecular weight excluding hydrogens is 216 g/mol. The van der Waals surface area contributed by atoms with Gasteiger partial charge in [-0.1, -0.05) is 6.07 Å². The number of rotatable bonds is 3. The summed E-state index contributed by atoms with van der Waals surface area (Å²) in [6, 6.07) is 6.85. The molecule has 1 saturated carbocycles. The third kappa shape index (κ3) is 1.94. The minimum Gasteiger partial charge on any atom is -0.383 e. The zero-order chi connectivity index (χ0) is 11.0. The van der Waals surface area contributed by atoms with E-state index in [-0.39, 0.29) is 0 Å². The van der Waals surface area contributed by atoms with Crippen molar-refractivity contribution in [1.82, 2.24) is 0 Å². The number of thioether (sulfide) groups is 1. The molecule has 3 heteroatoms. The van der Waals surface area contributed by atoms with E-state index in [9.17, 15) is 0 Å². The first-order valence-electron chi connectivity index (χ1n) is 6.01. The summed E-state index contributed by atoms with van der Waals surface area (Å²) in [6.45, 7) is 1.93. The highest BCUT2D eigenvalue weighted by atomic mass is 32.2. The van der Waals surface area contributed by atoms with E-state index in [2.05, 4.69) is 23.5 Å². The molecule has 1 heterocycles. The molecule has 3 N–H and O–H groups in total. The van der Waals surface area contributed by atoms with Gasteiger partial charge in [0.2, 0.25) is 0 Å². The van der Waals surface area contributed by atoms with Gasteiger partial charge in [-0.25, -0.2) is 0 Å². The van der Waals surface area contributed by atoms with Crippen LogP contribution in [0.5, 0.6) is 0 Å². The lowest BCUT2D eigenvalue weighted by Gasteiger charge is -2.19. The summed E-state index contributed by atoms with van der Waals surface area (Å²) in [5.74, 6) is 1.18. The van der Waals surface area contributed by atoms with Crippen molar-refractivity contribution in [3.8, 4) is 0 Å². The van der Waals surface area contributed by atoms with Gasteiger partial charge in [0.25, 0.3) is 0 Å². The van der Waals surface area contributed by atoms with Gasteiger partial charge in [-0.05, 0) is 48.9 Å². The van der Waals surface area contributed by atoms with Crippen LogP contribution in [0, 0.1) is 5.41 Å². The molecule has 86 valence electrons. The van der Waals surface area contributed by atoms with Crippen molar-refractivity contribution in [2.75, 3.05) is 24.2 Å². The average Bonchev–Trinajstić information content (AvgIpc) is 3.09. The van der Waals surface area contributed by atoms with Crippen LogP contribution in [0.1, 0.15) is 18.4 Å². The lowest BCUT2D eigenvalue weighted by Crippen LogP contribution is -2.18. The van der Waals surface area contributed by atoms with Crippen molar-refractivity contribution in [1.29, 1.82) is 0 Å². The Kier molecular flexibility index (Phi) is 2.60. The summed E-state index contributed by atoms with van der Waals surface area (Å²) in [5, 5.41) is 3.48. The van der Waals surface area contributed by atoms with E-state index in [1.165, 1.54) is 34.7 Å². The molecule has 0 amide bonds. The first-order chi connectivity index (χ1) is 7.81. The number of nitrogens with two attached hydrogens (primary N) is 1. The van der Waals surface area contributed by atoms with Crippen LogP contribution in [0.15, 0.2) is 23.1 Å². The first kappa shape index (κ1) is 10.5. The average molecular weight is 234 g/mol. The number of nitrogens with one attached hydrogen (secondary N) is 1. The highest BCUT2D eigenvalue weighted by Gasteiger charge is 2.40. The summed E-state index contributed by atoms with van der Waals surface area (Å²) >= 11 is 1.95. The zero-order valence-electron chi connectivity index (χ0n) is 9.46. The van der Waals surface area contributed by atoms with Crippen molar-refractivity contribution in [2.45, 2.75) is 24.2 Å². The summed E-state index contributed by atoms with van der Waals surface area (Å²) in [4.78, 5) is 1.40. The quantitative estimate of drug-likeness (QED) is 0.844. The number of hydrogen-bond acceptors (Lipinski definition) is 3. The number of hydrogen-bond donors (Lipinski definition) is 2. The normalized spacial score (nSPS) is 21.1. The van der Waals surface area contributed by atoms with Gasteiger partial charge in [-0.15, -0.1) is 11.8 Å². The molecule has 2 aliphatic rings. The Balaban J connectivity index is 1.80. The van der Waals surface area contributed by atoms with E-state index < -0.39 is 0 Å². The van der Waals surface area contributed by atoms with Crippen molar-refractivity contribution in [3.63, 3.8) is 0 Å². The third-order valence-electron chi connectivity index (χ3n) is 3.69. The van der Waals surface area contributed by atoms with E-state index in [1.54, 1.807) is 0 Å². The van der Waals surface area contributed by atoms with Gasteiger partial charge in [0.05, 0.1) is 0 Å². The fraction of sp³-hybridized carbons (Fsp3) is 0.538. The van der Waals surface area contributed by atoms with Crippen LogP contribution >= 0.6 is 11.8 Å². The van der Waals surface area contributed by atoms with Crippen molar-refractivity contribution < 1.29 is 0 Å². The summed E-state index contributed by atoms with van der Waals surface area (Å²) in [5.41, 5.74) is 9.04. The second kappa shape index (κ2) is 3.97. The van der Waals surface area contributed by atoms with E-state index in [0.717, 1.165) is 19.5 Å². The Labute approximate surface area is 101 Å². The van der Waals surface area contributed by atoms with Gasteiger partial charge < -0.3 is 11.1 Å². The van der Waals surface area contributed by atoms with Gasteiger partial charge in [0.15, 0.2) is 0 Å². The largest absolute Gasteiger partial charge is 0.383 e. The molecule has 1 aromatic carbocycles. The predicted octanol–water partition coefficient (Wildman–Crippen LogP) is 2.49. The van der Waals surface area contributed by atoms with Crippen LogP contribution in [0.2, 0.25) is 0 Å². The predicted molar refractivity (Wildman–Crippen MR) is 70.1 cm³/mol. The summed E-state index contributed by atoms with van der Waals surface area (Å²) in [6.07, 6.45) is 3.77. The van der Waals surface area contributed by atoms with E-state index in [0.29, 0.717) is 5.41 Å². The highest BCUT2D eigenvalue weighted by Crippen LogP contribution is 2.47. The molecule has 0 spiro atoms. The summed E-state index contributed by atoms with van der Waals surface area (Å²) in [7, 11) is 0. The molecule has 0 atom stereocenters. The smallest absolute Gasteiger partial charge is 0.0481 e. The fourth-order valence-electron chi connectivity index (χ4n) is 2.36. The maximum Gasteiger partial charge on any atom is 0.0481 e. The van der Waals surface area contributed by atoms with Crippen LogP contribution < -0.4 is 11.1 Å². The third-order valence-corrected chi connectivity index (χ3v) is 4.76. The molecule has 0 saturated heterocycles. The molecule has 1 aliphatic heterocycles. The van der Waals surface area contributed by atoms with Crippen molar-refractivity contribution in [3.05, 3.63) is 23.8 Å². The highest BCUT2D eigenvalue weighted by molar-refractivity contribution is 7.99. The monoisotopic (exact) mass is 234 g/mol. The van der Waals surface area contributed by atoms with E-state index in [4.69, 9.17) is 5.73 Å². The topological polar surface area (TPSA) is 38.0 Å². The minimum atomic E-state index is 0.441. The Bertz CT molecular complexity index is 399. The molecule has 2 nitrogen and oxygen atoms in total. The van der Waals surface area contributed by atoms with Crippen LogP contribution in [0.25, 0.3) is 0 Å². The fourth-order valence-corrected chi connectivity index (χ4v) is 3.24. The van der Waals surface area contributed by atoms with E-state index >= 15 is 0 Å². The van der Waals surface area contributed by atoms with Gasteiger partial charge >= 0.3 is 0 Å².